The van der Waals surface area contributed by atoms with Gasteiger partial charge in [0.1, 0.15) is 0 Å². The summed E-state index contributed by atoms with van der Waals surface area (Å²) in [5.74, 6) is 0.0106. The summed E-state index contributed by atoms with van der Waals surface area (Å²) in [5.41, 5.74) is 6.84. The second-order valence-corrected chi connectivity index (χ2v) is 6.17. The van der Waals surface area contributed by atoms with Crippen molar-refractivity contribution in [2.75, 3.05) is 19.8 Å². The first-order valence-electron chi connectivity index (χ1n) is 8.40. The molecular weight excluding hydrogens is 312 g/mol. The number of amides is 1. The van der Waals surface area contributed by atoms with Crippen LogP contribution in [0, 0.1) is 0 Å². The van der Waals surface area contributed by atoms with Crippen molar-refractivity contribution in [1.29, 1.82) is 0 Å². The lowest BCUT2D eigenvalue weighted by molar-refractivity contribution is -0.127. The number of carbonyl (C=O) groups excluding carboxylic acids is 1. The number of rotatable bonds is 8. The number of nitrogens with two attached hydrogens (primary N) is 1. The molecule has 0 spiro atoms. The van der Waals surface area contributed by atoms with Gasteiger partial charge in [-0.1, -0.05) is 49.6 Å². The van der Waals surface area contributed by atoms with Gasteiger partial charge in [0, 0.05) is 13.2 Å². The van der Waals surface area contributed by atoms with Crippen LogP contribution in [0.1, 0.15) is 44.1 Å². The van der Waals surface area contributed by atoms with Crippen molar-refractivity contribution in [3.8, 4) is 0 Å². The van der Waals surface area contributed by atoms with Crippen LogP contribution in [0.5, 0.6) is 0 Å². The molecule has 1 aliphatic rings. The molecule has 5 heteroatoms. The Labute approximate surface area is 145 Å². The maximum atomic E-state index is 12.1. The lowest BCUT2D eigenvalue weighted by atomic mass is 9.82. The van der Waals surface area contributed by atoms with Crippen LogP contribution in [0.25, 0.3) is 0 Å². The summed E-state index contributed by atoms with van der Waals surface area (Å²) in [6, 6.07) is 10.3. The topological polar surface area (TPSA) is 64.4 Å². The minimum absolute atomic E-state index is 0. The molecule has 0 unspecified atom stereocenters. The summed E-state index contributed by atoms with van der Waals surface area (Å²) < 4.78 is 5.61. The molecule has 4 nitrogen and oxygen atoms in total. The molecule has 3 N–H and O–H groups in total. The summed E-state index contributed by atoms with van der Waals surface area (Å²) in [7, 11) is 0. The average molecular weight is 341 g/mol. The zero-order chi connectivity index (χ0) is 15.7. The van der Waals surface area contributed by atoms with E-state index in [0.29, 0.717) is 13.2 Å². The van der Waals surface area contributed by atoms with E-state index in [4.69, 9.17) is 10.5 Å². The smallest absolute Gasteiger partial charge is 0.240 e. The van der Waals surface area contributed by atoms with Gasteiger partial charge in [-0.3, -0.25) is 4.79 Å². The molecule has 1 amide bonds. The summed E-state index contributed by atoms with van der Waals surface area (Å²) in [6.07, 6.45) is 6.70. The number of hydrogen-bond acceptors (Lipinski definition) is 3. The Hall–Kier alpha value is -1.10. The highest BCUT2D eigenvalue weighted by Gasteiger charge is 2.34. The highest BCUT2D eigenvalue weighted by atomic mass is 35.5. The van der Waals surface area contributed by atoms with Gasteiger partial charge in [0.05, 0.1) is 12.1 Å². The SMILES string of the molecule is Cl.NC1(C(=O)NCCCOCCc2ccccc2)CCCCC1. The van der Waals surface area contributed by atoms with Crippen LogP contribution >= 0.6 is 12.4 Å². The monoisotopic (exact) mass is 340 g/mol. The summed E-state index contributed by atoms with van der Waals surface area (Å²) in [5, 5.41) is 2.96. The van der Waals surface area contributed by atoms with E-state index >= 15 is 0 Å². The molecular formula is C18H29ClN2O2. The fourth-order valence-electron chi connectivity index (χ4n) is 2.90. The summed E-state index contributed by atoms with van der Waals surface area (Å²) >= 11 is 0. The number of ether oxygens (including phenoxy) is 1. The van der Waals surface area contributed by atoms with E-state index < -0.39 is 5.54 Å². The lowest BCUT2D eigenvalue weighted by Crippen LogP contribution is -2.55. The molecule has 2 rings (SSSR count). The third-order valence-electron chi connectivity index (χ3n) is 4.33. The van der Waals surface area contributed by atoms with Gasteiger partial charge < -0.3 is 15.8 Å². The first-order valence-corrected chi connectivity index (χ1v) is 8.40. The Morgan fingerprint density at radius 1 is 1.13 bits per heavy atom. The van der Waals surface area contributed by atoms with Crippen LogP contribution in [0.2, 0.25) is 0 Å². The Morgan fingerprint density at radius 3 is 2.52 bits per heavy atom. The largest absolute Gasteiger partial charge is 0.381 e. The van der Waals surface area contributed by atoms with E-state index in [9.17, 15) is 4.79 Å². The maximum Gasteiger partial charge on any atom is 0.240 e. The predicted molar refractivity (Wildman–Crippen MR) is 95.8 cm³/mol. The molecule has 0 bridgehead atoms. The van der Waals surface area contributed by atoms with Crippen LogP contribution in [-0.2, 0) is 16.0 Å². The maximum absolute atomic E-state index is 12.1. The highest BCUT2D eigenvalue weighted by molar-refractivity contribution is 5.86. The van der Waals surface area contributed by atoms with E-state index in [1.54, 1.807) is 0 Å². The fraction of sp³-hybridized carbons (Fsp3) is 0.611. The number of halogens is 1. The molecule has 0 saturated heterocycles. The fourth-order valence-corrected chi connectivity index (χ4v) is 2.90. The summed E-state index contributed by atoms with van der Waals surface area (Å²) in [4.78, 5) is 12.1. The third kappa shape index (κ3) is 6.90. The molecule has 130 valence electrons. The van der Waals surface area contributed by atoms with Gasteiger partial charge in [0.25, 0.3) is 0 Å². The lowest BCUT2D eigenvalue weighted by Gasteiger charge is -2.31. The zero-order valence-corrected chi connectivity index (χ0v) is 14.6. The van der Waals surface area contributed by atoms with Crippen molar-refractivity contribution in [3.63, 3.8) is 0 Å². The van der Waals surface area contributed by atoms with Crippen LogP contribution in [0.15, 0.2) is 30.3 Å². The van der Waals surface area contributed by atoms with Gasteiger partial charge in [-0.25, -0.2) is 0 Å². The van der Waals surface area contributed by atoms with E-state index in [0.717, 1.165) is 45.1 Å². The molecule has 0 atom stereocenters. The van der Waals surface area contributed by atoms with Crippen molar-refractivity contribution < 1.29 is 9.53 Å². The normalized spacial score (nSPS) is 16.4. The second kappa shape index (κ2) is 10.6. The molecule has 0 aliphatic heterocycles. The van der Waals surface area contributed by atoms with E-state index in [-0.39, 0.29) is 18.3 Å². The quantitative estimate of drug-likeness (QED) is 0.715. The van der Waals surface area contributed by atoms with Crippen LogP contribution in [0.3, 0.4) is 0 Å². The van der Waals surface area contributed by atoms with Crippen molar-refractivity contribution >= 4 is 18.3 Å². The Bertz CT molecular complexity index is 448. The molecule has 1 aromatic rings. The number of hydrogen-bond donors (Lipinski definition) is 2. The molecule has 0 aromatic heterocycles. The molecule has 0 radical (unpaired) electrons. The molecule has 23 heavy (non-hydrogen) atoms. The van der Waals surface area contributed by atoms with Crippen LogP contribution in [0.4, 0.5) is 0 Å². The minimum atomic E-state index is -0.633. The number of nitrogens with one attached hydrogen (secondary N) is 1. The highest BCUT2D eigenvalue weighted by Crippen LogP contribution is 2.25. The minimum Gasteiger partial charge on any atom is -0.381 e. The van der Waals surface area contributed by atoms with E-state index in [2.05, 4.69) is 17.4 Å². The first kappa shape index (κ1) is 19.9. The number of carbonyl (C=O) groups is 1. The van der Waals surface area contributed by atoms with Crippen molar-refractivity contribution in [1.82, 2.24) is 5.32 Å². The predicted octanol–water partition coefficient (Wildman–Crippen LogP) is 2.84. The molecule has 1 saturated carbocycles. The van der Waals surface area contributed by atoms with Crippen molar-refractivity contribution in [2.45, 2.75) is 50.5 Å². The number of benzene rings is 1. The van der Waals surface area contributed by atoms with Crippen molar-refractivity contribution in [3.05, 3.63) is 35.9 Å². The Kier molecular flexibility index (Phi) is 9.22. The Balaban J connectivity index is 0.00000264. The average Bonchev–Trinajstić information content (AvgIpc) is 2.55. The standard InChI is InChI=1S/C18H28N2O2.ClH/c19-18(11-5-2-6-12-18)17(21)20-13-7-14-22-15-10-16-8-3-1-4-9-16;/h1,3-4,8-9H,2,5-7,10-15,19H2,(H,20,21);1H. The van der Waals surface area contributed by atoms with Gasteiger partial charge in [-0.05, 0) is 31.2 Å². The second-order valence-electron chi connectivity index (χ2n) is 6.17. The van der Waals surface area contributed by atoms with Gasteiger partial charge >= 0.3 is 0 Å². The molecule has 1 aromatic carbocycles. The van der Waals surface area contributed by atoms with E-state index in [1.807, 2.05) is 18.2 Å². The third-order valence-corrected chi connectivity index (χ3v) is 4.33. The van der Waals surface area contributed by atoms with Gasteiger partial charge in [0.2, 0.25) is 5.91 Å². The van der Waals surface area contributed by atoms with Crippen LogP contribution in [-0.4, -0.2) is 31.2 Å². The van der Waals surface area contributed by atoms with Crippen LogP contribution < -0.4 is 11.1 Å². The zero-order valence-electron chi connectivity index (χ0n) is 13.8. The molecule has 1 aliphatic carbocycles. The van der Waals surface area contributed by atoms with Gasteiger partial charge in [-0.15, -0.1) is 12.4 Å². The van der Waals surface area contributed by atoms with Gasteiger partial charge in [0.15, 0.2) is 0 Å². The van der Waals surface area contributed by atoms with E-state index in [1.165, 1.54) is 12.0 Å². The molecule has 0 heterocycles. The summed E-state index contributed by atoms with van der Waals surface area (Å²) in [6.45, 7) is 2.03. The Morgan fingerprint density at radius 2 is 1.83 bits per heavy atom. The first-order chi connectivity index (χ1) is 10.7. The molecule has 1 fully saturated rings. The van der Waals surface area contributed by atoms with Gasteiger partial charge in [-0.2, -0.15) is 0 Å². The van der Waals surface area contributed by atoms with Crippen molar-refractivity contribution in [2.24, 2.45) is 5.73 Å².